The van der Waals surface area contributed by atoms with Gasteiger partial charge in [0.15, 0.2) is 0 Å². The van der Waals surface area contributed by atoms with Gasteiger partial charge < -0.3 is 0 Å². The zero-order valence-electron chi connectivity index (χ0n) is 13.0. The molecule has 0 atom stereocenters. The lowest BCUT2D eigenvalue weighted by Gasteiger charge is -2.02. The summed E-state index contributed by atoms with van der Waals surface area (Å²) in [7, 11) is 0. The van der Waals surface area contributed by atoms with Crippen LogP contribution < -0.4 is 5.43 Å². The summed E-state index contributed by atoms with van der Waals surface area (Å²) in [5.74, 6) is 0. The van der Waals surface area contributed by atoms with Crippen LogP contribution >= 0.6 is 11.6 Å². The fraction of sp³-hybridized carbons (Fsp3) is 0.111. The van der Waals surface area contributed by atoms with Crippen molar-refractivity contribution in [2.24, 2.45) is 5.10 Å². The van der Waals surface area contributed by atoms with Gasteiger partial charge in [-0.05, 0) is 38.1 Å². The van der Waals surface area contributed by atoms with Crippen LogP contribution in [0.15, 0.2) is 59.7 Å². The number of aromatic nitrogens is 2. The average Bonchev–Trinajstić information content (AvgIpc) is 2.85. The van der Waals surface area contributed by atoms with Crippen molar-refractivity contribution in [3.63, 3.8) is 0 Å². The monoisotopic (exact) mass is 324 g/mol. The predicted octanol–water partition coefficient (Wildman–Crippen LogP) is 4.59. The molecule has 5 heteroatoms. The zero-order valence-corrected chi connectivity index (χ0v) is 13.7. The van der Waals surface area contributed by atoms with E-state index in [1.165, 1.54) is 5.56 Å². The van der Waals surface area contributed by atoms with Crippen molar-refractivity contribution in [3.05, 3.63) is 76.6 Å². The number of hydrazone groups is 1. The highest BCUT2D eigenvalue weighted by Crippen LogP contribution is 2.22. The molecule has 3 rings (SSSR count). The topological polar surface area (TPSA) is 42.2 Å². The summed E-state index contributed by atoms with van der Waals surface area (Å²) < 4.78 is 1.71. The average molecular weight is 325 g/mol. The highest BCUT2D eigenvalue weighted by atomic mass is 35.5. The van der Waals surface area contributed by atoms with Crippen LogP contribution in [0.25, 0.3) is 5.69 Å². The van der Waals surface area contributed by atoms with Crippen LogP contribution in [0.3, 0.4) is 0 Å². The van der Waals surface area contributed by atoms with E-state index in [1.54, 1.807) is 10.9 Å². The molecule has 0 aliphatic carbocycles. The normalized spacial score (nSPS) is 11.1. The Morgan fingerprint density at radius 2 is 1.74 bits per heavy atom. The van der Waals surface area contributed by atoms with E-state index in [0.29, 0.717) is 5.15 Å². The van der Waals surface area contributed by atoms with Crippen LogP contribution in [-0.4, -0.2) is 16.0 Å². The largest absolute Gasteiger partial charge is 0.279 e. The number of anilines is 1. The number of rotatable bonds is 4. The Bertz CT molecular complexity index is 820. The van der Waals surface area contributed by atoms with Gasteiger partial charge in [-0.25, -0.2) is 4.68 Å². The van der Waals surface area contributed by atoms with Crippen LogP contribution in [0, 0.1) is 13.8 Å². The Balaban J connectivity index is 1.82. The van der Waals surface area contributed by atoms with Gasteiger partial charge in [0.05, 0.1) is 28.8 Å². The molecule has 2 aromatic carbocycles. The first-order chi connectivity index (χ1) is 11.1. The molecule has 1 N–H and O–H groups in total. The van der Waals surface area contributed by atoms with Gasteiger partial charge in [-0.2, -0.15) is 10.2 Å². The van der Waals surface area contributed by atoms with Gasteiger partial charge in [-0.3, -0.25) is 5.43 Å². The van der Waals surface area contributed by atoms with E-state index in [9.17, 15) is 0 Å². The molecule has 0 amide bonds. The highest BCUT2D eigenvalue weighted by Gasteiger charge is 2.12. The molecule has 0 spiro atoms. The molecular formula is C18H17ClN4. The van der Waals surface area contributed by atoms with Crippen LogP contribution in [0.2, 0.25) is 5.15 Å². The maximum Gasteiger partial charge on any atom is 0.142 e. The molecule has 0 radical (unpaired) electrons. The zero-order chi connectivity index (χ0) is 16.2. The van der Waals surface area contributed by atoms with Crippen LogP contribution in [0.4, 0.5) is 5.69 Å². The molecular weight excluding hydrogens is 308 g/mol. The minimum Gasteiger partial charge on any atom is -0.279 e. The van der Waals surface area contributed by atoms with E-state index in [-0.39, 0.29) is 0 Å². The Labute approximate surface area is 140 Å². The molecule has 1 aromatic heterocycles. The second-order valence-electron chi connectivity index (χ2n) is 5.27. The number of hydrogen-bond donors (Lipinski definition) is 1. The maximum absolute atomic E-state index is 6.45. The lowest BCUT2D eigenvalue weighted by molar-refractivity contribution is 0.863. The summed E-state index contributed by atoms with van der Waals surface area (Å²) in [6.45, 7) is 3.96. The second kappa shape index (κ2) is 6.67. The number of halogens is 1. The maximum atomic E-state index is 6.45. The number of benzene rings is 2. The van der Waals surface area contributed by atoms with Crippen molar-refractivity contribution in [2.45, 2.75) is 13.8 Å². The van der Waals surface area contributed by atoms with Crippen molar-refractivity contribution in [2.75, 3.05) is 5.43 Å². The van der Waals surface area contributed by atoms with E-state index >= 15 is 0 Å². The summed E-state index contributed by atoms with van der Waals surface area (Å²) in [5, 5.41) is 9.29. The third-order valence-corrected chi connectivity index (χ3v) is 3.85. The van der Waals surface area contributed by atoms with Gasteiger partial charge in [0.1, 0.15) is 5.15 Å². The SMILES string of the molecule is Cc1ccc(N/N=C\c2c(C)nn(-c3ccccc3)c2Cl)cc1. The summed E-state index contributed by atoms with van der Waals surface area (Å²) in [6.07, 6.45) is 1.70. The first-order valence-electron chi connectivity index (χ1n) is 7.31. The van der Waals surface area contributed by atoms with Gasteiger partial charge in [0, 0.05) is 0 Å². The van der Waals surface area contributed by atoms with Gasteiger partial charge in [-0.1, -0.05) is 47.5 Å². The molecule has 23 heavy (non-hydrogen) atoms. The molecule has 116 valence electrons. The fourth-order valence-electron chi connectivity index (χ4n) is 2.20. The molecule has 1 heterocycles. The third kappa shape index (κ3) is 3.43. The second-order valence-corrected chi connectivity index (χ2v) is 5.63. The van der Waals surface area contributed by atoms with E-state index in [2.05, 4.69) is 15.6 Å². The van der Waals surface area contributed by atoms with Crippen LogP contribution in [-0.2, 0) is 0 Å². The highest BCUT2D eigenvalue weighted by molar-refractivity contribution is 6.32. The standard InChI is InChI=1S/C18H17ClN4/c1-13-8-10-15(11-9-13)21-20-12-17-14(2)22-23(18(17)19)16-6-4-3-5-7-16/h3-12,21H,1-2H3/b20-12-. The van der Waals surface area contributed by atoms with E-state index in [4.69, 9.17) is 11.6 Å². The quantitative estimate of drug-likeness (QED) is 0.563. The minimum atomic E-state index is 0.545. The smallest absolute Gasteiger partial charge is 0.142 e. The molecule has 0 aliphatic heterocycles. The van der Waals surface area contributed by atoms with E-state index in [0.717, 1.165) is 22.6 Å². The first kappa shape index (κ1) is 15.3. The van der Waals surface area contributed by atoms with Gasteiger partial charge in [0.2, 0.25) is 0 Å². The molecule has 0 fully saturated rings. The summed E-state index contributed by atoms with van der Waals surface area (Å²) in [4.78, 5) is 0. The first-order valence-corrected chi connectivity index (χ1v) is 7.69. The Morgan fingerprint density at radius 3 is 2.43 bits per heavy atom. The summed E-state index contributed by atoms with van der Waals surface area (Å²) >= 11 is 6.45. The van der Waals surface area contributed by atoms with Crippen molar-refractivity contribution in [3.8, 4) is 5.69 Å². The number of hydrogen-bond acceptors (Lipinski definition) is 3. The number of para-hydroxylation sites is 1. The number of nitrogens with zero attached hydrogens (tertiary/aromatic N) is 3. The van der Waals surface area contributed by atoms with Crippen molar-refractivity contribution >= 4 is 23.5 Å². The predicted molar refractivity (Wildman–Crippen MR) is 95.7 cm³/mol. The van der Waals surface area contributed by atoms with Crippen LogP contribution in [0.5, 0.6) is 0 Å². The minimum absolute atomic E-state index is 0.545. The van der Waals surface area contributed by atoms with E-state index in [1.807, 2.05) is 68.4 Å². The number of aryl methyl sites for hydroxylation is 2. The van der Waals surface area contributed by atoms with Crippen molar-refractivity contribution < 1.29 is 0 Å². The van der Waals surface area contributed by atoms with Gasteiger partial charge in [-0.15, -0.1) is 0 Å². The molecule has 4 nitrogen and oxygen atoms in total. The Kier molecular flexibility index (Phi) is 4.44. The molecule has 0 unspecified atom stereocenters. The molecule has 0 aliphatic rings. The third-order valence-electron chi connectivity index (χ3n) is 3.49. The van der Waals surface area contributed by atoms with Gasteiger partial charge in [0.25, 0.3) is 0 Å². The molecule has 3 aromatic rings. The summed E-state index contributed by atoms with van der Waals surface area (Å²) in [6, 6.07) is 17.8. The molecule has 0 saturated heterocycles. The molecule has 0 bridgehead atoms. The fourth-order valence-corrected chi connectivity index (χ4v) is 2.52. The Hall–Kier alpha value is -2.59. The van der Waals surface area contributed by atoms with Gasteiger partial charge >= 0.3 is 0 Å². The van der Waals surface area contributed by atoms with Crippen molar-refractivity contribution in [1.82, 2.24) is 9.78 Å². The Morgan fingerprint density at radius 1 is 1.04 bits per heavy atom. The van der Waals surface area contributed by atoms with Crippen molar-refractivity contribution in [1.29, 1.82) is 0 Å². The van der Waals surface area contributed by atoms with Crippen LogP contribution in [0.1, 0.15) is 16.8 Å². The van der Waals surface area contributed by atoms with E-state index < -0.39 is 0 Å². The summed E-state index contributed by atoms with van der Waals surface area (Å²) in [5.41, 5.74) is 7.69. The lowest BCUT2D eigenvalue weighted by Crippen LogP contribution is -1.96. The number of nitrogens with one attached hydrogen (secondary N) is 1. The molecule has 0 saturated carbocycles. The lowest BCUT2D eigenvalue weighted by atomic mass is 10.2.